The lowest BCUT2D eigenvalue weighted by molar-refractivity contribution is -0.117. The lowest BCUT2D eigenvalue weighted by Crippen LogP contribution is -2.38. The molecule has 0 spiro atoms. The predicted molar refractivity (Wildman–Crippen MR) is 72.1 cm³/mol. The normalized spacial score (nSPS) is 13.2. The van der Waals surface area contributed by atoms with Crippen molar-refractivity contribution in [3.05, 3.63) is 29.0 Å². The number of nitrogens with two attached hydrogens (primary N) is 1. The van der Waals surface area contributed by atoms with Crippen molar-refractivity contribution in [3.63, 3.8) is 0 Å². The Kier molecular flexibility index (Phi) is 4.71. The van der Waals surface area contributed by atoms with Gasteiger partial charge in [-0.15, -0.1) is 0 Å². The van der Waals surface area contributed by atoms with Gasteiger partial charge in [0, 0.05) is 12.5 Å². The van der Waals surface area contributed by atoms with E-state index < -0.39 is 5.82 Å². The number of hydrogen-bond donors (Lipinski definition) is 2. The fourth-order valence-electron chi connectivity index (χ4n) is 1.31. The molecular weight excluding hydrogens is 255 g/mol. The number of halogens is 2. The molecule has 1 aromatic rings. The molecule has 3 N–H and O–H groups in total. The third-order valence-corrected chi connectivity index (χ3v) is 3.04. The zero-order valence-electron chi connectivity index (χ0n) is 10.8. The van der Waals surface area contributed by atoms with E-state index in [1.807, 2.05) is 20.8 Å². The standard InChI is InChI=1S/C13H18ClFN2O/c1-13(2,3)10(16)7-11(18)17-9-6-4-5-8(14)12(9)15/h4-6,10H,7,16H2,1-3H3,(H,17,18). The van der Waals surface area contributed by atoms with Crippen molar-refractivity contribution in [2.24, 2.45) is 11.1 Å². The van der Waals surface area contributed by atoms with Crippen molar-refractivity contribution >= 4 is 23.2 Å². The first-order valence-corrected chi connectivity index (χ1v) is 6.09. The summed E-state index contributed by atoms with van der Waals surface area (Å²) in [6.45, 7) is 5.85. The fourth-order valence-corrected chi connectivity index (χ4v) is 1.48. The highest BCUT2D eigenvalue weighted by Gasteiger charge is 2.23. The molecule has 5 heteroatoms. The molecule has 0 aromatic heterocycles. The molecule has 1 aromatic carbocycles. The van der Waals surface area contributed by atoms with Gasteiger partial charge in [-0.3, -0.25) is 4.79 Å². The molecular formula is C13H18ClFN2O. The number of amides is 1. The summed E-state index contributed by atoms with van der Waals surface area (Å²) in [4.78, 5) is 11.7. The second kappa shape index (κ2) is 5.67. The van der Waals surface area contributed by atoms with Crippen LogP contribution in [0, 0.1) is 11.2 Å². The first kappa shape index (κ1) is 14.9. The van der Waals surface area contributed by atoms with Crippen molar-refractivity contribution in [2.75, 3.05) is 5.32 Å². The van der Waals surface area contributed by atoms with E-state index in [-0.39, 0.29) is 34.5 Å². The van der Waals surface area contributed by atoms with Crippen molar-refractivity contribution in [1.82, 2.24) is 0 Å². The van der Waals surface area contributed by atoms with Crippen molar-refractivity contribution < 1.29 is 9.18 Å². The molecule has 18 heavy (non-hydrogen) atoms. The van der Waals surface area contributed by atoms with E-state index in [4.69, 9.17) is 17.3 Å². The molecule has 0 saturated heterocycles. The molecule has 0 aliphatic carbocycles. The van der Waals surface area contributed by atoms with Gasteiger partial charge in [-0.1, -0.05) is 38.4 Å². The Balaban J connectivity index is 2.69. The fraction of sp³-hybridized carbons (Fsp3) is 0.462. The van der Waals surface area contributed by atoms with E-state index in [0.717, 1.165) is 0 Å². The Labute approximate surface area is 112 Å². The van der Waals surface area contributed by atoms with Crippen molar-refractivity contribution in [3.8, 4) is 0 Å². The zero-order chi connectivity index (χ0) is 13.9. The topological polar surface area (TPSA) is 55.1 Å². The van der Waals surface area contributed by atoms with Crippen LogP contribution in [0.5, 0.6) is 0 Å². The van der Waals surface area contributed by atoms with E-state index in [0.29, 0.717) is 0 Å². The summed E-state index contributed by atoms with van der Waals surface area (Å²) in [5.41, 5.74) is 5.79. The van der Waals surface area contributed by atoms with Crippen LogP contribution in [0.15, 0.2) is 18.2 Å². The van der Waals surface area contributed by atoms with Gasteiger partial charge in [-0.25, -0.2) is 4.39 Å². The molecule has 0 aliphatic rings. The zero-order valence-corrected chi connectivity index (χ0v) is 11.5. The minimum Gasteiger partial charge on any atom is -0.327 e. The maximum atomic E-state index is 13.6. The summed E-state index contributed by atoms with van der Waals surface area (Å²) >= 11 is 5.62. The van der Waals surface area contributed by atoms with Crippen LogP contribution >= 0.6 is 11.6 Å². The number of nitrogens with one attached hydrogen (secondary N) is 1. The Morgan fingerprint density at radius 1 is 1.50 bits per heavy atom. The quantitative estimate of drug-likeness (QED) is 0.888. The van der Waals surface area contributed by atoms with Gasteiger partial charge >= 0.3 is 0 Å². The van der Waals surface area contributed by atoms with Gasteiger partial charge in [0.1, 0.15) is 0 Å². The second-order valence-electron chi connectivity index (χ2n) is 5.33. The Bertz CT molecular complexity index is 443. The van der Waals surface area contributed by atoms with Gasteiger partial charge in [0.15, 0.2) is 5.82 Å². The van der Waals surface area contributed by atoms with E-state index in [2.05, 4.69) is 5.32 Å². The number of rotatable bonds is 3. The minimum absolute atomic E-state index is 0.0204. The van der Waals surface area contributed by atoms with Crippen LogP contribution in [0.1, 0.15) is 27.2 Å². The SMILES string of the molecule is CC(C)(C)C(N)CC(=O)Nc1cccc(Cl)c1F. The van der Waals surface area contributed by atoms with Gasteiger partial charge in [0.2, 0.25) is 5.91 Å². The molecule has 0 saturated carbocycles. The van der Waals surface area contributed by atoms with Crippen LogP contribution < -0.4 is 11.1 Å². The molecule has 0 aliphatic heterocycles. The van der Waals surface area contributed by atoms with Crippen LogP contribution in [0.4, 0.5) is 10.1 Å². The molecule has 0 heterocycles. The molecule has 1 atom stereocenters. The maximum Gasteiger partial charge on any atom is 0.226 e. The van der Waals surface area contributed by atoms with Crippen LogP contribution in [-0.4, -0.2) is 11.9 Å². The molecule has 0 radical (unpaired) electrons. The van der Waals surface area contributed by atoms with Gasteiger partial charge < -0.3 is 11.1 Å². The highest BCUT2D eigenvalue weighted by molar-refractivity contribution is 6.31. The monoisotopic (exact) mass is 272 g/mol. The number of benzene rings is 1. The molecule has 1 unspecified atom stereocenters. The lowest BCUT2D eigenvalue weighted by Gasteiger charge is -2.26. The van der Waals surface area contributed by atoms with Crippen LogP contribution in [0.25, 0.3) is 0 Å². The highest BCUT2D eigenvalue weighted by Crippen LogP contribution is 2.23. The summed E-state index contributed by atoms with van der Waals surface area (Å²) in [7, 11) is 0. The number of carbonyl (C=O) groups excluding carboxylic acids is 1. The molecule has 100 valence electrons. The van der Waals surface area contributed by atoms with E-state index in [9.17, 15) is 9.18 Å². The largest absolute Gasteiger partial charge is 0.327 e. The van der Waals surface area contributed by atoms with Crippen LogP contribution in [0.2, 0.25) is 5.02 Å². The van der Waals surface area contributed by atoms with E-state index in [1.54, 1.807) is 6.07 Å². The van der Waals surface area contributed by atoms with E-state index >= 15 is 0 Å². The number of hydrogen-bond acceptors (Lipinski definition) is 2. The van der Waals surface area contributed by atoms with Crippen molar-refractivity contribution in [2.45, 2.75) is 33.2 Å². The summed E-state index contributed by atoms with van der Waals surface area (Å²) < 4.78 is 13.6. The summed E-state index contributed by atoms with van der Waals surface area (Å²) in [5.74, 6) is -0.949. The van der Waals surface area contributed by atoms with Gasteiger partial charge in [0.25, 0.3) is 0 Å². The van der Waals surface area contributed by atoms with E-state index in [1.165, 1.54) is 12.1 Å². The summed E-state index contributed by atoms with van der Waals surface area (Å²) in [6.07, 6.45) is 0.134. The molecule has 3 nitrogen and oxygen atoms in total. The Hall–Kier alpha value is -1.13. The molecule has 0 bridgehead atoms. The van der Waals surface area contributed by atoms with Crippen LogP contribution in [-0.2, 0) is 4.79 Å². The van der Waals surface area contributed by atoms with Crippen LogP contribution in [0.3, 0.4) is 0 Å². The Morgan fingerprint density at radius 2 is 2.11 bits per heavy atom. The molecule has 1 amide bonds. The van der Waals surface area contributed by atoms with Gasteiger partial charge in [-0.05, 0) is 17.5 Å². The first-order valence-electron chi connectivity index (χ1n) is 5.71. The highest BCUT2D eigenvalue weighted by atomic mass is 35.5. The lowest BCUT2D eigenvalue weighted by atomic mass is 9.85. The maximum absolute atomic E-state index is 13.6. The van der Waals surface area contributed by atoms with Crippen molar-refractivity contribution in [1.29, 1.82) is 0 Å². The summed E-state index contributed by atoms with van der Waals surface area (Å²) in [6, 6.07) is 4.17. The summed E-state index contributed by atoms with van der Waals surface area (Å²) in [5, 5.41) is 2.46. The predicted octanol–water partition coefficient (Wildman–Crippen LogP) is 3.18. The third-order valence-electron chi connectivity index (χ3n) is 2.74. The third kappa shape index (κ3) is 3.96. The second-order valence-corrected chi connectivity index (χ2v) is 5.73. The van der Waals surface area contributed by atoms with Gasteiger partial charge in [0.05, 0.1) is 10.7 Å². The number of anilines is 1. The molecule has 1 rings (SSSR count). The molecule has 0 fully saturated rings. The number of carbonyl (C=O) groups is 1. The average Bonchev–Trinajstić information content (AvgIpc) is 2.23. The minimum atomic E-state index is -0.628. The Morgan fingerprint density at radius 3 is 2.67 bits per heavy atom. The average molecular weight is 273 g/mol. The first-order chi connectivity index (χ1) is 8.21. The van der Waals surface area contributed by atoms with Gasteiger partial charge in [-0.2, -0.15) is 0 Å². The smallest absolute Gasteiger partial charge is 0.226 e.